The summed E-state index contributed by atoms with van der Waals surface area (Å²) < 4.78 is 0. The number of aromatic hydroxyl groups is 2. The molecule has 0 bridgehead atoms. The summed E-state index contributed by atoms with van der Waals surface area (Å²) in [7, 11) is 3.25. The van der Waals surface area contributed by atoms with E-state index in [1.807, 2.05) is 0 Å². The fourth-order valence-electron chi connectivity index (χ4n) is 8.33. The van der Waals surface area contributed by atoms with Crippen LogP contribution in [-0.2, 0) is 64.0 Å². The van der Waals surface area contributed by atoms with Gasteiger partial charge in [-0.3, -0.25) is 43.2 Å². The van der Waals surface area contributed by atoms with Crippen molar-refractivity contribution in [3.63, 3.8) is 0 Å². The monoisotopic (exact) mass is 1160 g/mol. The number of unbranched alkanes of at least 4 members (excludes halogenated alkanes) is 1. The lowest BCUT2D eigenvalue weighted by Crippen LogP contribution is -2.62. The summed E-state index contributed by atoms with van der Waals surface area (Å²) in [6.45, 7) is 1.42. The smallest absolute Gasteiger partial charge is 0.248 e. The zero-order valence-electron chi connectivity index (χ0n) is 44.0. The number of amides is 9. The van der Waals surface area contributed by atoms with Crippen LogP contribution in [0.3, 0.4) is 0 Å². The predicted molar refractivity (Wildman–Crippen MR) is 302 cm³/mol. The van der Waals surface area contributed by atoms with E-state index in [0.29, 0.717) is 33.7 Å². The average molecular weight is 1160 g/mol. The van der Waals surface area contributed by atoms with E-state index >= 15 is 4.79 Å². The van der Waals surface area contributed by atoms with Crippen LogP contribution in [0.25, 0.3) is 0 Å². The van der Waals surface area contributed by atoms with Crippen molar-refractivity contribution in [3.05, 3.63) is 130 Å². The van der Waals surface area contributed by atoms with E-state index in [-0.39, 0.29) is 73.6 Å². The van der Waals surface area contributed by atoms with Crippen molar-refractivity contribution in [2.45, 2.75) is 106 Å². The van der Waals surface area contributed by atoms with Crippen molar-refractivity contribution >= 4 is 86.4 Å². The third-order valence-electron chi connectivity index (χ3n) is 13.0. The van der Waals surface area contributed by atoms with Crippen molar-refractivity contribution in [2.24, 2.45) is 22.9 Å². The first-order valence-corrected chi connectivity index (χ1v) is 28.3. The third kappa shape index (κ3) is 19.4. The van der Waals surface area contributed by atoms with Gasteiger partial charge in [0.2, 0.25) is 53.2 Å². The molecule has 80 heavy (non-hydrogen) atoms. The number of nitrogens with zero attached hydrogens (tertiary/aromatic N) is 1. The van der Waals surface area contributed by atoms with Crippen molar-refractivity contribution < 1.29 is 58.5 Å². The molecule has 1 aliphatic rings. The largest absolute Gasteiger partial charge is 0.508 e. The van der Waals surface area contributed by atoms with Gasteiger partial charge < -0.3 is 75.1 Å². The van der Waals surface area contributed by atoms with E-state index in [1.165, 1.54) is 86.8 Å². The number of nitrogens with one attached hydrogen (secondary N) is 6. The Balaban J connectivity index is 1.60. The van der Waals surface area contributed by atoms with Crippen molar-refractivity contribution in [2.75, 3.05) is 25.1 Å². The minimum absolute atomic E-state index is 0.0273. The van der Waals surface area contributed by atoms with E-state index in [9.17, 15) is 53.7 Å². The average Bonchev–Trinajstić information content (AvgIpc) is 3.42. The highest BCUT2D eigenvalue weighted by atomic mass is 35.5. The molecule has 1 heterocycles. The van der Waals surface area contributed by atoms with Gasteiger partial charge >= 0.3 is 0 Å². The predicted octanol–water partition coefficient (Wildman–Crippen LogP) is -0.426. The molecule has 1 aliphatic heterocycles. The lowest BCUT2D eigenvalue weighted by Gasteiger charge is -2.33. The summed E-state index contributed by atoms with van der Waals surface area (Å²) >= 11 is 6.08. The number of hydrogen-bond acceptors (Lipinski definition) is 16. The maximum absolute atomic E-state index is 15.0. The number of primary amides is 2. The SMILES string of the molecule is C[C@@H](O)[C@@H]1NC(=O)[C@H](CCCCN)NC(=O)[C@@H](Cc2ccc(C(N)=O)cc2)NC(=O)[C@H](Cc2ccc(O)cc2)N(C)C(=O)[C@H](NC(=O)[C@@H](N)Cc2ccc(Cl)cc2)CSSC[C@@H](C(=O)N[C@H](Cc2ccc(O)cc2)C(N)=O)NC1=O. The third-order valence-corrected chi connectivity index (χ3v) is 15.7. The quantitative estimate of drug-likeness (QED) is 0.0419. The molecule has 26 heteroatoms. The number of aliphatic hydroxyl groups excluding tert-OH is 1. The van der Waals surface area contributed by atoms with E-state index in [1.54, 1.807) is 24.3 Å². The van der Waals surface area contributed by atoms with Gasteiger partial charge in [0.1, 0.15) is 53.8 Å². The fraction of sp³-hybridized carbons (Fsp3) is 0.389. The molecule has 23 nitrogen and oxygen atoms in total. The second-order valence-corrected chi connectivity index (χ2v) is 22.2. The van der Waals surface area contributed by atoms with Crippen LogP contribution in [0.2, 0.25) is 5.02 Å². The maximum Gasteiger partial charge on any atom is 0.248 e. The standard InChI is InChI=1S/C54H68ClN11O12S2/c1-29(67)45-53(77)63-42(51(75)61-40(47(59)71)24-32-10-18-36(68)19-11-32)27-79-80-28-43(64-48(72)38(57)23-30-8-16-35(55)17-9-30)54(78)66(2)44(26-33-12-20-37(69)21-13-33)52(76)62-41(25-31-6-14-34(15-7-31)46(58)70)50(74)60-39(49(73)65-45)5-3-4-22-56/h6-21,29,38-45,67-69H,3-5,22-28,56-57H2,1-2H3,(H2,58,70)(H2,59,71)(H,60,74)(H,61,75)(H,62,76)(H,63,77)(H,64,72)(H,65,73)/t29-,38+,39+,40-,41-,42+,43-,44+,45+/m1/s1. The molecule has 4 aromatic carbocycles. The van der Waals surface area contributed by atoms with Gasteiger partial charge in [-0.15, -0.1) is 0 Å². The lowest BCUT2D eigenvalue weighted by atomic mass is 9.99. The van der Waals surface area contributed by atoms with Gasteiger partial charge in [-0.2, -0.15) is 0 Å². The van der Waals surface area contributed by atoms with Gasteiger partial charge in [0.25, 0.3) is 0 Å². The van der Waals surface area contributed by atoms with Gasteiger partial charge in [-0.05, 0) is 110 Å². The number of likely N-dealkylation sites (N-methyl/N-ethyl adjacent to an activating group) is 1. The lowest BCUT2D eigenvalue weighted by molar-refractivity contribution is -0.142. The molecule has 0 aromatic heterocycles. The molecule has 0 unspecified atom stereocenters. The summed E-state index contributed by atoms with van der Waals surface area (Å²) in [5, 5.41) is 47.2. The highest BCUT2D eigenvalue weighted by Gasteiger charge is 2.38. The van der Waals surface area contributed by atoms with Crippen LogP contribution < -0.4 is 54.8 Å². The summed E-state index contributed by atoms with van der Waals surface area (Å²) in [6.07, 6.45) is -1.54. The Kier molecular flexibility index (Phi) is 24.4. The Bertz CT molecular complexity index is 2800. The molecule has 4 aromatic rings. The maximum atomic E-state index is 15.0. The van der Waals surface area contributed by atoms with Gasteiger partial charge in [-0.25, -0.2) is 0 Å². The normalized spacial score (nSPS) is 21.1. The summed E-state index contributed by atoms with van der Waals surface area (Å²) in [4.78, 5) is 127. The van der Waals surface area contributed by atoms with Crippen molar-refractivity contribution in [1.29, 1.82) is 0 Å². The number of carbonyl (C=O) groups is 9. The van der Waals surface area contributed by atoms with E-state index in [4.69, 9.17) is 34.5 Å². The van der Waals surface area contributed by atoms with Crippen LogP contribution in [0.4, 0.5) is 0 Å². The van der Waals surface area contributed by atoms with E-state index in [2.05, 4.69) is 31.9 Å². The summed E-state index contributed by atoms with van der Waals surface area (Å²) in [5.41, 5.74) is 25.6. The van der Waals surface area contributed by atoms with Crippen molar-refractivity contribution in [3.8, 4) is 11.5 Å². The zero-order chi connectivity index (χ0) is 58.6. The Morgan fingerprint density at radius 1 is 0.700 bits per heavy atom. The minimum atomic E-state index is -1.76. The Hall–Kier alpha value is -7.42. The molecule has 0 aliphatic carbocycles. The molecular weight excluding hydrogens is 1090 g/mol. The topological polar surface area (TPSA) is 394 Å². The van der Waals surface area contributed by atoms with E-state index < -0.39 is 108 Å². The number of carbonyl (C=O) groups excluding carboxylic acids is 9. The number of aliphatic hydroxyl groups is 1. The Morgan fingerprint density at radius 2 is 1.24 bits per heavy atom. The number of rotatable bonds is 19. The Labute approximate surface area is 475 Å². The summed E-state index contributed by atoms with van der Waals surface area (Å²) in [5.74, 6) is -8.62. The highest BCUT2D eigenvalue weighted by Crippen LogP contribution is 2.25. The van der Waals surface area contributed by atoms with Crippen LogP contribution in [0, 0.1) is 0 Å². The number of phenolic OH excluding ortho intramolecular Hbond substituents is 2. The second kappa shape index (κ2) is 30.8. The highest BCUT2D eigenvalue weighted by molar-refractivity contribution is 8.76. The van der Waals surface area contributed by atoms with Crippen LogP contribution in [0.5, 0.6) is 11.5 Å². The van der Waals surface area contributed by atoms with Crippen LogP contribution in [-0.4, -0.2) is 153 Å². The van der Waals surface area contributed by atoms with E-state index in [0.717, 1.165) is 26.5 Å². The molecule has 0 radical (unpaired) electrons. The first kappa shape index (κ1) is 63.4. The second-order valence-electron chi connectivity index (χ2n) is 19.2. The zero-order valence-corrected chi connectivity index (χ0v) is 46.4. The number of hydrogen-bond donors (Lipinski definition) is 13. The molecule has 1 fully saturated rings. The number of phenols is 2. The van der Waals surface area contributed by atoms with Gasteiger partial charge in [0.15, 0.2) is 0 Å². The van der Waals surface area contributed by atoms with Crippen LogP contribution in [0.15, 0.2) is 97.1 Å². The molecule has 1 saturated heterocycles. The molecule has 5 rings (SSSR count). The molecule has 9 amide bonds. The fourth-order valence-corrected chi connectivity index (χ4v) is 10.8. The molecule has 0 spiro atoms. The van der Waals surface area contributed by atoms with Gasteiger partial charge in [-0.1, -0.05) is 81.7 Å². The molecule has 9 atom stereocenters. The summed E-state index contributed by atoms with van der Waals surface area (Å²) in [6, 6.07) is 12.4. The van der Waals surface area contributed by atoms with Crippen LogP contribution in [0.1, 0.15) is 58.8 Å². The molecule has 430 valence electrons. The van der Waals surface area contributed by atoms with Gasteiger partial charge in [0, 0.05) is 48.4 Å². The number of halogens is 1. The molecule has 17 N–H and O–H groups in total. The first-order valence-electron chi connectivity index (χ1n) is 25.5. The van der Waals surface area contributed by atoms with Crippen molar-refractivity contribution in [1.82, 2.24) is 36.8 Å². The number of nitrogens with two attached hydrogens (primary N) is 4. The molecular formula is C54H68ClN11O12S2. The number of benzene rings is 4. The molecule has 0 saturated carbocycles. The minimum Gasteiger partial charge on any atom is -0.508 e. The Morgan fingerprint density at radius 3 is 1.82 bits per heavy atom. The first-order chi connectivity index (χ1) is 38.0. The van der Waals surface area contributed by atoms with Gasteiger partial charge in [0.05, 0.1) is 12.1 Å². The van der Waals surface area contributed by atoms with Crippen LogP contribution >= 0.6 is 33.2 Å².